The Balaban J connectivity index is 1.45. The first kappa shape index (κ1) is 23.1. The van der Waals surface area contributed by atoms with Crippen LogP contribution in [0.4, 0.5) is 18.9 Å². The van der Waals surface area contributed by atoms with Gasteiger partial charge in [0.05, 0.1) is 29.1 Å². The molecule has 6 nitrogen and oxygen atoms in total. The maximum absolute atomic E-state index is 12.9. The number of thiocarbonyl (C=S) groups is 1. The predicted octanol–water partition coefficient (Wildman–Crippen LogP) is 4.79. The quantitative estimate of drug-likeness (QED) is 0.384. The molecule has 2 N–H and O–H groups in total. The Kier molecular flexibility index (Phi) is 7.22. The largest absolute Gasteiger partial charge is 0.436 e. The standard InChI is InChI=1S/C20H22ClF3N6S/c1-13-6-3-4-7-15(13)11-29-12-16(10-26-29)27-19(31)25-8-5-9-30-14(2)17(21)18(28-30)20(22,23)24/h3-4,6-7,10,12H,5,8-9,11H2,1-2H3,(H2,25,27,31). The van der Waals surface area contributed by atoms with E-state index < -0.39 is 11.9 Å². The van der Waals surface area contributed by atoms with Crippen molar-refractivity contribution in [3.8, 4) is 0 Å². The second-order valence-corrected chi connectivity index (χ2v) is 7.84. The fourth-order valence-corrected chi connectivity index (χ4v) is 3.47. The molecule has 0 amide bonds. The normalized spacial score (nSPS) is 11.5. The van der Waals surface area contributed by atoms with E-state index in [1.807, 2.05) is 23.0 Å². The Labute approximate surface area is 188 Å². The summed E-state index contributed by atoms with van der Waals surface area (Å²) < 4.78 is 41.7. The van der Waals surface area contributed by atoms with Crippen LogP contribution >= 0.6 is 23.8 Å². The predicted molar refractivity (Wildman–Crippen MR) is 118 cm³/mol. The van der Waals surface area contributed by atoms with Gasteiger partial charge in [-0.3, -0.25) is 9.36 Å². The van der Waals surface area contributed by atoms with Gasteiger partial charge in [-0.25, -0.2) is 0 Å². The van der Waals surface area contributed by atoms with Crippen molar-refractivity contribution in [2.75, 3.05) is 11.9 Å². The SMILES string of the molecule is Cc1ccccc1Cn1cc(NC(=S)NCCCn2nc(C(F)(F)F)c(Cl)c2C)cn1. The minimum absolute atomic E-state index is 0.283. The van der Waals surface area contributed by atoms with Crippen LogP contribution < -0.4 is 10.6 Å². The molecule has 166 valence electrons. The maximum Gasteiger partial charge on any atom is 0.436 e. The number of rotatable bonds is 7. The van der Waals surface area contributed by atoms with Gasteiger partial charge >= 0.3 is 6.18 Å². The third kappa shape index (κ3) is 5.98. The zero-order chi connectivity index (χ0) is 22.6. The van der Waals surface area contributed by atoms with E-state index in [2.05, 4.69) is 39.9 Å². The lowest BCUT2D eigenvalue weighted by molar-refractivity contribution is -0.141. The lowest BCUT2D eigenvalue weighted by atomic mass is 10.1. The van der Waals surface area contributed by atoms with Crippen LogP contribution in [0.5, 0.6) is 0 Å². The lowest BCUT2D eigenvalue weighted by Gasteiger charge is -2.09. The van der Waals surface area contributed by atoms with Crippen molar-refractivity contribution < 1.29 is 13.2 Å². The van der Waals surface area contributed by atoms with E-state index >= 15 is 0 Å². The number of benzene rings is 1. The Morgan fingerprint density at radius 1 is 1.23 bits per heavy atom. The number of nitrogens with zero attached hydrogens (tertiary/aromatic N) is 4. The summed E-state index contributed by atoms with van der Waals surface area (Å²) in [6, 6.07) is 8.10. The molecule has 3 rings (SSSR count). The first-order chi connectivity index (χ1) is 14.6. The Morgan fingerprint density at radius 3 is 2.65 bits per heavy atom. The van der Waals surface area contributed by atoms with E-state index in [4.69, 9.17) is 23.8 Å². The summed E-state index contributed by atoms with van der Waals surface area (Å²) in [5.74, 6) is 0. The highest BCUT2D eigenvalue weighted by atomic mass is 35.5. The number of aromatic nitrogens is 4. The topological polar surface area (TPSA) is 59.7 Å². The van der Waals surface area contributed by atoms with Crippen molar-refractivity contribution in [3.63, 3.8) is 0 Å². The Hall–Kier alpha value is -2.59. The van der Waals surface area contributed by atoms with Gasteiger partial charge < -0.3 is 10.6 Å². The molecule has 0 saturated carbocycles. The summed E-state index contributed by atoms with van der Waals surface area (Å²) in [4.78, 5) is 0. The summed E-state index contributed by atoms with van der Waals surface area (Å²) in [7, 11) is 0. The van der Waals surface area contributed by atoms with Crippen molar-refractivity contribution >= 4 is 34.6 Å². The zero-order valence-electron chi connectivity index (χ0n) is 17.0. The minimum atomic E-state index is -4.57. The second kappa shape index (κ2) is 9.69. The van der Waals surface area contributed by atoms with Gasteiger partial charge in [-0.1, -0.05) is 35.9 Å². The van der Waals surface area contributed by atoms with Crippen molar-refractivity contribution in [3.05, 3.63) is 64.2 Å². The molecule has 0 atom stereocenters. The highest BCUT2D eigenvalue weighted by Crippen LogP contribution is 2.35. The smallest absolute Gasteiger partial charge is 0.362 e. The average Bonchev–Trinajstić information content (AvgIpc) is 3.25. The van der Waals surface area contributed by atoms with Crippen LogP contribution in [0.25, 0.3) is 0 Å². The van der Waals surface area contributed by atoms with Gasteiger partial charge in [-0.2, -0.15) is 23.4 Å². The van der Waals surface area contributed by atoms with Crippen molar-refractivity contribution in [2.24, 2.45) is 0 Å². The van der Waals surface area contributed by atoms with Gasteiger partial charge in [0.2, 0.25) is 0 Å². The van der Waals surface area contributed by atoms with E-state index in [9.17, 15) is 13.2 Å². The summed E-state index contributed by atoms with van der Waals surface area (Å²) in [6.45, 7) is 4.96. The molecule has 3 aromatic rings. The molecule has 0 radical (unpaired) electrons. The van der Waals surface area contributed by atoms with Crippen molar-refractivity contribution in [1.29, 1.82) is 0 Å². The molecule has 0 bridgehead atoms. The molecule has 1 aromatic carbocycles. The van der Waals surface area contributed by atoms with Crippen LogP contribution in [0.15, 0.2) is 36.7 Å². The minimum Gasteiger partial charge on any atom is -0.362 e. The first-order valence-electron chi connectivity index (χ1n) is 9.57. The number of aryl methyl sites for hydroxylation is 2. The van der Waals surface area contributed by atoms with E-state index in [0.717, 1.165) is 5.69 Å². The maximum atomic E-state index is 12.9. The van der Waals surface area contributed by atoms with Crippen LogP contribution in [0.2, 0.25) is 5.02 Å². The third-order valence-corrected chi connectivity index (χ3v) is 5.42. The summed E-state index contributed by atoms with van der Waals surface area (Å²) in [5.41, 5.74) is 2.35. The average molecular weight is 471 g/mol. The monoisotopic (exact) mass is 470 g/mol. The van der Waals surface area contributed by atoms with Gasteiger partial charge in [0, 0.05) is 19.3 Å². The molecule has 0 saturated heterocycles. The number of hydrogen-bond acceptors (Lipinski definition) is 3. The van der Waals surface area contributed by atoms with Gasteiger partial charge in [-0.05, 0) is 43.6 Å². The molecule has 31 heavy (non-hydrogen) atoms. The van der Waals surface area contributed by atoms with Gasteiger partial charge in [-0.15, -0.1) is 0 Å². The molecule has 0 unspecified atom stereocenters. The zero-order valence-corrected chi connectivity index (χ0v) is 18.6. The molecule has 0 aliphatic rings. The van der Waals surface area contributed by atoms with Crippen molar-refractivity contribution in [2.45, 2.75) is 39.5 Å². The fraction of sp³-hybridized carbons (Fsp3) is 0.350. The van der Waals surface area contributed by atoms with E-state index in [1.165, 1.54) is 22.7 Å². The summed E-state index contributed by atoms with van der Waals surface area (Å²) >= 11 is 11.0. The first-order valence-corrected chi connectivity index (χ1v) is 10.4. The molecule has 2 aromatic heterocycles. The second-order valence-electron chi connectivity index (χ2n) is 7.06. The molecular weight excluding hydrogens is 449 g/mol. The van der Waals surface area contributed by atoms with Crippen LogP contribution in [-0.4, -0.2) is 31.2 Å². The third-order valence-electron chi connectivity index (χ3n) is 4.72. The lowest BCUT2D eigenvalue weighted by Crippen LogP contribution is -2.29. The Morgan fingerprint density at radius 2 is 1.97 bits per heavy atom. The number of hydrogen-bond donors (Lipinski definition) is 2. The fourth-order valence-electron chi connectivity index (χ4n) is 3.01. The van der Waals surface area contributed by atoms with Crippen LogP contribution in [0.1, 0.15) is 28.9 Å². The number of anilines is 1. The molecule has 0 fully saturated rings. The highest BCUT2D eigenvalue weighted by molar-refractivity contribution is 7.80. The van der Waals surface area contributed by atoms with Crippen LogP contribution in [0, 0.1) is 13.8 Å². The molecule has 11 heteroatoms. The number of halogens is 4. The molecule has 0 aliphatic heterocycles. The van der Waals surface area contributed by atoms with Gasteiger partial charge in [0.15, 0.2) is 10.8 Å². The molecule has 2 heterocycles. The van der Waals surface area contributed by atoms with Crippen LogP contribution in [-0.2, 0) is 19.3 Å². The highest BCUT2D eigenvalue weighted by Gasteiger charge is 2.38. The van der Waals surface area contributed by atoms with E-state index in [-0.39, 0.29) is 17.3 Å². The van der Waals surface area contributed by atoms with Gasteiger partial charge in [0.1, 0.15) is 0 Å². The molecule has 0 spiro atoms. The van der Waals surface area contributed by atoms with Crippen LogP contribution in [0.3, 0.4) is 0 Å². The van der Waals surface area contributed by atoms with E-state index in [1.54, 1.807) is 6.20 Å². The van der Waals surface area contributed by atoms with Crippen molar-refractivity contribution in [1.82, 2.24) is 24.9 Å². The number of nitrogens with one attached hydrogen (secondary N) is 2. The van der Waals surface area contributed by atoms with Gasteiger partial charge in [0.25, 0.3) is 0 Å². The summed E-state index contributed by atoms with van der Waals surface area (Å²) in [6.07, 6.45) is -0.515. The summed E-state index contributed by atoms with van der Waals surface area (Å²) in [5, 5.41) is 14.0. The molecule has 0 aliphatic carbocycles. The number of alkyl halides is 3. The Bertz CT molecular complexity index is 1060. The van der Waals surface area contributed by atoms with E-state index in [0.29, 0.717) is 24.6 Å². The molecular formula is C20H22ClF3N6S.